The van der Waals surface area contributed by atoms with Crippen LogP contribution in [0.2, 0.25) is 0 Å². The lowest BCUT2D eigenvalue weighted by Crippen LogP contribution is -2.35. The quantitative estimate of drug-likeness (QED) is 0.540. The number of hydrogen-bond donors (Lipinski definition) is 1. The van der Waals surface area contributed by atoms with E-state index in [1.807, 2.05) is 6.07 Å². The number of ether oxygens (including phenoxy) is 2. The van der Waals surface area contributed by atoms with Crippen LogP contribution in [-0.2, 0) is 20.0 Å². The molecule has 0 radical (unpaired) electrons. The molecule has 0 bridgehead atoms. The summed E-state index contributed by atoms with van der Waals surface area (Å²) in [5.74, 6) is 0.847. The Morgan fingerprint density at radius 3 is 2.18 bits per heavy atom. The predicted molar refractivity (Wildman–Crippen MR) is 127 cm³/mol. The zero-order valence-electron chi connectivity index (χ0n) is 18.4. The number of nitrogens with zero attached hydrogens (tertiary/aromatic N) is 1. The number of piperidine rings is 1. The van der Waals surface area contributed by atoms with Crippen LogP contribution in [-0.4, -0.2) is 48.4 Å². The number of methoxy groups -OCH3 is 2. The maximum absolute atomic E-state index is 13.2. The number of nitrogens with one attached hydrogen (secondary N) is 1. The second kappa shape index (κ2) is 9.20. The Balaban J connectivity index is 1.67. The van der Waals surface area contributed by atoms with Crippen molar-refractivity contribution in [3.05, 3.63) is 54.6 Å². The van der Waals surface area contributed by atoms with Crippen LogP contribution in [0.25, 0.3) is 10.8 Å². The van der Waals surface area contributed by atoms with Crippen LogP contribution in [0.4, 0.5) is 5.69 Å². The van der Waals surface area contributed by atoms with Gasteiger partial charge in [-0.15, -0.1) is 0 Å². The van der Waals surface area contributed by atoms with Gasteiger partial charge in [-0.25, -0.2) is 16.8 Å². The molecule has 3 aromatic rings. The van der Waals surface area contributed by atoms with Gasteiger partial charge < -0.3 is 9.47 Å². The highest BCUT2D eigenvalue weighted by Gasteiger charge is 2.29. The first-order chi connectivity index (χ1) is 15.7. The smallest absolute Gasteiger partial charge is 0.261 e. The molecule has 3 aromatic carbocycles. The Bertz CT molecular complexity index is 1380. The van der Waals surface area contributed by atoms with Crippen LogP contribution in [0.5, 0.6) is 11.5 Å². The standard InChI is InChI=1S/C23H26N2O6S2/c1-30-20-9-6-18-15-21(10-7-17(18)14-20)32(26,27)24-19-8-11-22(31-2)23(16-19)33(28,29)25-12-4-3-5-13-25/h6-11,14-16,24H,3-5,12-13H2,1-2H3. The second-order valence-corrected chi connectivity index (χ2v) is 11.4. The minimum atomic E-state index is -3.96. The number of hydrogen-bond acceptors (Lipinski definition) is 6. The van der Waals surface area contributed by atoms with Gasteiger partial charge in [-0.05, 0) is 66.1 Å². The summed E-state index contributed by atoms with van der Waals surface area (Å²) in [5.41, 5.74) is 0.140. The average Bonchev–Trinajstić information content (AvgIpc) is 2.83. The molecule has 0 aliphatic carbocycles. The molecule has 1 N–H and O–H groups in total. The van der Waals surface area contributed by atoms with Gasteiger partial charge in [0, 0.05) is 13.1 Å². The summed E-state index contributed by atoms with van der Waals surface area (Å²) in [6, 6.07) is 14.4. The molecule has 1 aliphatic rings. The minimum Gasteiger partial charge on any atom is -0.497 e. The molecule has 10 heteroatoms. The molecule has 1 fully saturated rings. The molecule has 0 atom stereocenters. The summed E-state index contributed by atoms with van der Waals surface area (Å²) in [4.78, 5) is 0.00845. The molecule has 4 rings (SSSR count). The number of sulfonamides is 2. The van der Waals surface area contributed by atoms with E-state index < -0.39 is 20.0 Å². The van der Waals surface area contributed by atoms with Crippen LogP contribution < -0.4 is 14.2 Å². The maximum Gasteiger partial charge on any atom is 0.261 e. The normalized spacial score (nSPS) is 15.3. The first-order valence-electron chi connectivity index (χ1n) is 10.5. The zero-order chi connectivity index (χ0) is 23.6. The summed E-state index contributed by atoms with van der Waals surface area (Å²) in [7, 11) is -4.82. The van der Waals surface area contributed by atoms with Crippen LogP contribution in [0, 0.1) is 0 Å². The SMILES string of the molecule is COc1ccc2cc(S(=O)(=O)Nc3ccc(OC)c(S(=O)(=O)N4CCCCC4)c3)ccc2c1. The van der Waals surface area contributed by atoms with Crippen LogP contribution >= 0.6 is 0 Å². The number of benzene rings is 3. The van der Waals surface area contributed by atoms with Gasteiger partial charge in [0.05, 0.1) is 24.8 Å². The van der Waals surface area contributed by atoms with Crippen molar-refractivity contribution < 1.29 is 26.3 Å². The molecular formula is C23H26N2O6S2. The van der Waals surface area contributed by atoms with E-state index in [2.05, 4.69) is 4.72 Å². The lowest BCUT2D eigenvalue weighted by atomic mass is 10.1. The molecule has 0 saturated carbocycles. The van der Waals surface area contributed by atoms with Gasteiger partial charge in [0.2, 0.25) is 10.0 Å². The molecule has 1 heterocycles. The molecule has 0 amide bonds. The Morgan fingerprint density at radius 1 is 0.788 bits per heavy atom. The minimum absolute atomic E-state index is 0.0577. The van der Waals surface area contributed by atoms with Crippen molar-refractivity contribution >= 4 is 36.5 Å². The fourth-order valence-electron chi connectivity index (χ4n) is 3.90. The topological polar surface area (TPSA) is 102 Å². The molecule has 0 aromatic heterocycles. The first-order valence-corrected chi connectivity index (χ1v) is 13.5. The van der Waals surface area contributed by atoms with E-state index in [1.165, 1.54) is 35.7 Å². The third-order valence-electron chi connectivity index (χ3n) is 5.68. The van der Waals surface area contributed by atoms with E-state index in [0.717, 1.165) is 30.0 Å². The number of anilines is 1. The van der Waals surface area contributed by atoms with Gasteiger partial charge in [0.25, 0.3) is 10.0 Å². The van der Waals surface area contributed by atoms with Crippen molar-refractivity contribution in [3.8, 4) is 11.5 Å². The first kappa shape index (κ1) is 23.3. The van der Waals surface area contributed by atoms with E-state index in [0.29, 0.717) is 18.8 Å². The van der Waals surface area contributed by atoms with Crippen molar-refractivity contribution in [3.63, 3.8) is 0 Å². The maximum atomic E-state index is 13.2. The molecular weight excluding hydrogens is 464 g/mol. The summed E-state index contributed by atoms with van der Waals surface area (Å²) in [5, 5.41) is 1.58. The van der Waals surface area contributed by atoms with Crippen molar-refractivity contribution in [1.29, 1.82) is 0 Å². The third kappa shape index (κ3) is 4.78. The van der Waals surface area contributed by atoms with Gasteiger partial charge in [-0.3, -0.25) is 4.72 Å². The van der Waals surface area contributed by atoms with E-state index in [9.17, 15) is 16.8 Å². The van der Waals surface area contributed by atoms with Gasteiger partial charge in [0.1, 0.15) is 16.4 Å². The number of rotatable bonds is 7. The molecule has 33 heavy (non-hydrogen) atoms. The largest absolute Gasteiger partial charge is 0.497 e. The molecule has 0 spiro atoms. The average molecular weight is 491 g/mol. The summed E-state index contributed by atoms with van der Waals surface area (Å²) in [6.07, 6.45) is 2.57. The highest BCUT2D eigenvalue weighted by atomic mass is 32.2. The Labute approximate surface area is 194 Å². The molecule has 8 nitrogen and oxygen atoms in total. The Hall–Kier alpha value is -2.82. The zero-order valence-corrected chi connectivity index (χ0v) is 20.1. The Morgan fingerprint density at radius 2 is 1.48 bits per heavy atom. The van der Waals surface area contributed by atoms with Crippen molar-refractivity contribution in [1.82, 2.24) is 4.31 Å². The molecule has 0 unspecified atom stereocenters. The van der Waals surface area contributed by atoms with E-state index >= 15 is 0 Å². The van der Waals surface area contributed by atoms with Crippen molar-refractivity contribution in [2.75, 3.05) is 32.0 Å². The fourth-order valence-corrected chi connectivity index (χ4v) is 6.68. The van der Waals surface area contributed by atoms with Crippen LogP contribution in [0.15, 0.2) is 64.4 Å². The highest BCUT2D eigenvalue weighted by Crippen LogP contribution is 2.32. The molecule has 1 aliphatic heterocycles. The summed E-state index contributed by atoms with van der Waals surface area (Å²) >= 11 is 0. The second-order valence-electron chi connectivity index (χ2n) is 7.81. The predicted octanol–water partition coefficient (Wildman–Crippen LogP) is 3.83. The highest BCUT2D eigenvalue weighted by molar-refractivity contribution is 7.92. The molecule has 176 valence electrons. The van der Waals surface area contributed by atoms with E-state index in [4.69, 9.17) is 9.47 Å². The van der Waals surface area contributed by atoms with Crippen LogP contribution in [0.3, 0.4) is 0 Å². The van der Waals surface area contributed by atoms with E-state index in [1.54, 1.807) is 31.4 Å². The molecule has 1 saturated heterocycles. The fraction of sp³-hybridized carbons (Fsp3) is 0.304. The summed E-state index contributed by atoms with van der Waals surface area (Å²) < 4.78 is 66.9. The van der Waals surface area contributed by atoms with Crippen molar-refractivity contribution in [2.24, 2.45) is 0 Å². The lowest BCUT2D eigenvalue weighted by molar-refractivity contribution is 0.343. The monoisotopic (exact) mass is 490 g/mol. The lowest BCUT2D eigenvalue weighted by Gasteiger charge is -2.26. The van der Waals surface area contributed by atoms with Gasteiger partial charge in [-0.1, -0.05) is 18.6 Å². The summed E-state index contributed by atoms with van der Waals surface area (Å²) in [6.45, 7) is 0.868. The van der Waals surface area contributed by atoms with E-state index in [-0.39, 0.29) is 21.2 Å². The van der Waals surface area contributed by atoms with Gasteiger partial charge >= 0.3 is 0 Å². The van der Waals surface area contributed by atoms with Crippen molar-refractivity contribution in [2.45, 2.75) is 29.1 Å². The van der Waals surface area contributed by atoms with Crippen LogP contribution in [0.1, 0.15) is 19.3 Å². The number of fused-ring (bicyclic) bond motifs is 1. The third-order valence-corrected chi connectivity index (χ3v) is 8.98. The van der Waals surface area contributed by atoms with Gasteiger partial charge in [0.15, 0.2) is 0 Å². The Kier molecular flexibility index (Phi) is 6.51. The van der Waals surface area contributed by atoms with Gasteiger partial charge in [-0.2, -0.15) is 4.31 Å².